The van der Waals surface area contributed by atoms with Gasteiger partial charge in [-0.15, -0.1) is 0 Å². The van der Waals surface area contributed by atoms with Gasteiger partial charge in [-0.3, -0.25) is 0 Å². The van der Waals surface area contributed by atoms with Crippen molar-refractivity contribution in [2.24, 2.45) is 5.92 Å². The second-order valence-corrected chi connectivity index (χ2v) is 3.81. The van der Waals surface area contributed by atoms with Gasteiger partial charge in [0, 0.05) is 5.92 Å². The molecule has 1 aliphatic carbocycles. The van der Waals surface area contributed by atoms with Crippen LogP contribution < -0.4 is 0 Å². The summed E-state index contributed by atoms with van der Waals surface area (Å²) in [7, 11) is 0. The van der Waals surface area contributed by atoms with E-state index < -0.39 is 29.4 Å². The minimum Gasteiger partial charge on any atom is -0.166 e. The Bertz CT molecular complexity index is 366. The number of halogens is 6. The van der Waals surface area contributed by atoms with Gasteiger partial charge in [0.15, 0.2) is 0 Å². The molecule has 0 aliphatic heterocycles. The lowest BCUT2D eigenvalue weighted by atomic mass is 9.97. The second kappa shape index (κ2) is 3.53. The normalized spacial score (nSPS) is 23.4. The molecule has 92 valence electrons. The third kappa shape index (κ3) is 1.97. The van der Waals surface area contributed by atoms with E-state index in [9.17, 15) is 26.3 Å². The summed E-state index contributed by atoms with van der Waals surface area (Å²) in [5.41, 5.74) is -3.19. The first-order valence-electron chi connectivity index (χ1n) is 4.54. The van der Waals surface area contributed by atoms with Crippen LogP contribution in [0.1, 0.15) is 20.8 Å². The van der Waals surface area contributed by atoms with Gasteiger partial charge >= 0.3 is 12.4 Å². The van der Waals surface area contributed by atoms with Crippen LogP contribution in [0, 0.1) is 5.92 Å². The molecule has 1 atom stereocenters. The molecule has 0 N–H and O–H groups in total. The smallest absolute Gasteiger partial charge is 0.166 e. The minimum absolute atomic E-state index is 0.125. The summed E-state index contributed by atoms with van der Waals surface area (Å²) in [6, 6.07) is 0. The van der Waals surface area contributed by atoms with E-state index in [2.05, 4.69) is 0 Å². The van der Waals surface area contributed by atoms with Crippen molar-refractivity contribution in [1.29, 1.82) is 0 Å². The lowest BCUT2D eigenvalue weighted by molar-refractivity contribution is -0.115. The highest BCUT2D eigenvalue weighted by atomic mass is 19.4. The lowest BCUT2D eigenvalue weighted by Crippen LogP contribution is -2.23. The zero-order valence-electron chi connectivity index (χ0n) is 8.85. The van der Waals surface area contributed by atoms with E-state index in [-0.39, 0.29) is 11.1 Å². The molecule has 6 heteroatoms. The van der Waals surface area contributed by atoms with Crippen LogP contribution in [-0.4, -0.2) is 12.4 Å². The average molecular weight is 244 g/mol. The molecular formula is C10H10F6. The summed E-state index contributed by atoms with van der Waals surface area (Å²) in [4.78, 5) is 0. The molecule has 0 bridgehead atoms. The van der Waals surface area contributed by atoms with Crippen molar-refractivity contribution in [1.82, 2.24) is 0 Å². The molecule has 0 amide bonds. The van der Waals surface area contributed by atoms with Crippen LogP contribution in [0.2, 0.25) is 0 Å². The largest absolute Gasteiger partial charge is 0.416 e. The van der Waals surface area contributed by atoms with Gasteiger partial charge in [0.05, 0.1) is 11.1 Å². The molecule has 0 aromatic rings. The van der Waals surface area contributed by atoms with Crippen molar-refractivity contribution in [3.8, 4) is 0 Å². The zero-order valence-corrected chi connectivity index (χ0v) is 8.85. The van der Waals surface area contributed by atoms with E-state index in [0.29, 0.717) is 0 Å². The third-order valence-electron chi connectivity index (χ3n) is 2.91. The number of rotatable bonds is 0. The minimum atomic E-state index is -4.96. The molecule has 1 rings (SSSR count). The summed E-state index contributed by atoms with van der Waals surface area (Å²) in [5, 5.41) is 0. The van der Waals surface area contributed by atoms with Crippen LogP contribution in [0.25, 0.3) is 0 Å². The number of alkyl halides is 6. The van der Waals surface area contributed by atoms with Crippen molar-refractivity contribution < 1.29 is 26.3 Å². The van der Waals surface area contributed by atoms with E-state index in [4.69, 9.17) is 0 Å². The van der Waals surface area contributed by atoms with Gasteiger partial charge in [-0.1, -0.05) is 12.5 Å². The molecule has 0 saturated heterocycles. The molecular weight excluding hydrogens is 234 g/mol. The Labute approximate surface area is 88.6 Å². The fourth-order valence-corrected chi connectivity index (χ4v) is 1.91. The zero-order chi connectivity index (χ0) is 12.9. The maximum atomic E-state index is 12.6. The van der Waals surface area contributed by atoms with E-state index in [1.165, 1.54) is 6.92 Å². The highest BCUT2D eigenvalue weighted by Gasteiger charge is 2.51. The van der Waals surface area contributed by atoms with Gasteiger partial charge in [-0.25, -0.2) is 0 Å². The van der Waals surface area contributed by atoms with Crippen LogP contribution in [0.4, 0.5) is 26.3 Å². The molecule has 0 aromatic carbocycles. The predicted octanol–water partition coefficient (Wildman–Crippen LogP) is 4.39. The molecule has 16 heavy (non-hydrogen) atoms. The Morgan fingerprint density at radius 3 is 1.56 bits per heavy atom. The van der Waals surface area contributed by atoms with Gasteiger partial charge < -0.3 is 0 Å². The first kappa shape index (κ1) is 13.1. The molecule has 1 unspecified atom stereocenters. The van der Waals surface area contributed by atoms with Crippen molar-refractivity contribution in [3.05, 3.63) is 22.3 Å². The summed E-state index contributed by atoms with van der Waals surface area (Å²) in [5.74, 6) is -1.23. The summed E-state index contributed by atoms with van der Waals surface area (Å²) < 4.78 is 75.3. The average Bonchev–Trinajstić information content (AvgIpc) is 2.27. The Morgan fingerprint density at radius 1 is 0.875 bits per heavy atom. The second-order valence-electron chi connectivity index (χ2n) is 3.81. The van der Waals surface area contributed by atoms with Gasteiger partial charge in [0.25, 0.3) is 0 Å². The summed E-state index contributed by atoms with van der Waals surface area (Å²) in [6.07, 6.45) is -9.90. The van der Waals surface area contributed by atoms with Gasteiger partial charge in [0.2, 0.25) is 0 Å². The molecule has 0 nitrogen and oxygen atoms in total. The van der Waals surface area contributed by atoms with Gasteiger partial charge in [-0.05, 0) is 19.4 Å². The third-order valence-corrected chi connectivity index (χ3v) is 2.91. The SMILES string of the molecule is CC1=C(C)C(C)C(C(F)(F)F)=C1C(F)(F)F. The topological polar surface area (TPSA) is 0 Å². The van der Waals surface area contributed by atoms with Crippen LogP contribution in [0.15, 0.2) is 22.3 Å². The van der Waals surface area contributed by atoms with E-state index in [1.807, 2.05) is 0 Å². The first-order chi connectivity index (χ1) is 6.98. The monoisotopic (exact) mass is 244 g/mol. The van der Waals surface area contributed by atoms with Crippen LogP contribution in [0.5, 0.6) is 0 Å². The molecule has 0 saturated carbocycles. The Morgan fingerprint density at radius 2 is 1.31 bits per heavy atom. The van der Waals surface area contributed by atoms with Crippen LogP contribution in [-0.2, 0) is 0 Å². The first-order valence-corrected chi connectivity index (χ1v) is 4.54. The standard InChI is InChI=1S/C10H10F6/c1-4-5(2)7(9(11,12)13)8(6(4)3)10(14,15)16/h5H,1-3H3. The maximum Gasteiger partial charge on any atom is 0.416 e. The Kier molecular flexibility index (Phi) is 2.90. The van der Waals surface area contributed by atoms with Crippen LogP contribution >= 0.6 is 0 Å². The molecule has 0 spiro atoms. The van der Waals surface area contributed by atoms with Gasteiger partial charge in [-0.2, -0.15) is 26.3 Å². The number of hydrogen-bond acceptors (Lipinski definition) is 0. The molecule has 0 aromatic heterocycles. The van der Waals surface area contributed by atoms with Crippen molar-refractivity contribution in [2.75, 3.05) is 0 Å². The Balaban J connectivity index is 3.47. The Hall–Kier alpha value is -0.940. The summed E-state index contributed by atoms with van der Waals surface area (Å²) >= 11 is 0. The highest BCUT2D eigenvalue weighted by Crippen LogP contribution is 2.50. The lowest BCUT2D eigenvalue weighted by Gasteiger charge is -2.18. The quantitative estimate of drug-likeness (QED) is 0.554. The summed E-state index contributed by atoms with van der Waals surface area (Å²) in [6.45, 7) is 3.51. The number of hydrogen-bond donors (Lipinski definition) is 0. The van der Waals surface area contributed by atoms with E-state index >= 15 is 0 Å². The van der Waals surface area contributed by atoms with Crippen molar-refractivity contribution >= 4 is 0 Å². The van der Waals surface area contributed by atoms with Gasteiger partial charge in [0.1, 0.15) is 0 Å². The van der Waals surface area contributed by atoms with E-state index in [0.717, 1.165) is 13.8 Å². The fourth-order valence-electron chi connectivity index (χ4n) is 1.91. The molecule has 0 fully saturated rings. The molecule has 0 radical (unpaired) electrons. The highest BCUT2D eigenvalue weighted by molar-refractivity contribution is 5.51. The molecule has 0 heterocycles. The maximum absolute atomic E-state index is 12.6. The van der Waals surface area contributed by atoms with Crippen molar-refractivity contribution in [2.45, 2.75) is 33.1 Å². The van der Waals surface area contributed by atoms with E-state index in [1.54, 1.807) is 0 Å². The fraction of sp³-hybridized carbons (Fsp3) is 0.600. The predicted molar refractivity (Wildman–Crippen MR) is 46.7 cm³/mol. The van der Waals surface area contributed by atoms with Crippen LogP contribution in [0.3, 0.4) is 0 Å². The number of allylic oxidation sites excluding steroid dienone is 4. The van der Waals surface area contributed by atoms with Crippen molar-refractivity contribution in [3.63, 3.8) is 0 Å². The molecule has 1 aliphatic rings.